The van der Waals surface area contributed by atoms with Crippen LogP contribution in [-0.4, -0.2) is 0 Å². The van der Waals surface area contributed by atoms with Crippen molar-refractivity contribution in [3.05, 3.63) is 60.5 Å². The molecule has 0 atom stereocenters. The van der Waals surface area contributed by atoms with Crippen LogP contribution in [0.25, 0.3) is 0 Å². The van der Waals surface area contributed by atoms with Crippen LogP contribution in [0.1, 0.15) is 5.56 Å². The minimum atomic E-state index is 0.467. The highest BCUT2D eigenvalue weighted by molar-refractivity contribution is 9.10. The molecule has 0 spiro atoms. The molecule has 0 saturated carbocycles. The number of halogens is 5. The van der Waals surface area contributed by atoms with Crippen LogP contribution in [0.5, 0.6) is 0 Å². The summed E-state index contributed by atoms with van der Waals surface area (Å²) in [6.45, 7) is 0.478. The SMILES string of the molecule is Clc1ccc(NCc2c(Cl)ccc(Cl)c2Cl)cc1Br. The molecule has 0 unspecified atom stereocenters. The van der Waals surface area contributed by atoms with Crippen molar-refractivity contribution in [2.24, 2.45) is 0 Å². The predicted molar refractivity (Wildman–Crippen MR) is 88.0 cm³/mol. The molecular formula is C13H8BrCl4N. The molecule has 1 nitrogen and oxygen atoms in total. The fraction of sp³-hybridized carbons (Fsp3) is 0.0769. The van der Waals surface area contributed by atoms with Crippen LogP contribution >= 0.6 is 62.3 Å². The Labute approximate surface area is 139 Å². The molecule has 0 saturated heterocycles. The Morgan fingerprint density at radius 3 is 2.21 bits per heavy atom. The van der Waals surface area contributed by atoms with E-state index in [2.05, 4.69) is 21.2 Å². The molecule has 6 heteroatoms. The van der Waals surface area contributed by atoms with E-state index in [1.807, 2.05) is 12.1 Å². The van der Waals surface area contributed by atoms with Gasteiger partial charge in [0.1, 0.15) is 0 Å². The molecule has 0 aliphatic carbocycles. The molecule has 1 N–H and O–H groups in total. The van der Waals surface area contributed by atoms with E-state index < -0.39 is 0 Å². The van der Waals surface area contributed by atoms with Crippen LogP contribution in [-0.2, 0) is 6.54 Å². The maximum Gasteiger partial charge on any atom is 0.0657 e. The normalized spacial score (nSPS) is 10.6. The van der Waals surface area contributed by atoms with Crippen molar-refractivity contribution < 1.29 is 0 Å². The average molecular weight is 400 g/mol. The van der Waals surface area contributed by atoms with E-state index in [0.29, 0.717) is 26.6 Å². The van der Waals surface area contributed by atoms with Gasteiger partial charge in [-0.05, 0) is 46.3 Å². The lowest BCUT2D eigenvalue weighted by Gasteiger charge is -2.11. The molecule has 2 aromatic carbocycles. The summed E-state index contributed by atoms with van der Waals surface area (Å²) >= 11 is 27.5. The third-order valence-electron chi connectivity index (χ3n) is 2.53. The molecule has 0 bridgehead atoms. The summed E-state index contributed by atoms with van der Waals surface area (Å²) in [7, 11) is 0. The van der Waals surface area contributed by atoms with Gasteiger partial charge in [-0.3, -0.25) is 0 Å². The molecule has 0 aliphatic rings. The van der Waals surface area contributed by atoms with E-state index in [1.165, 1.54) is 0 Å². The minimum Gasteiger partial charge on any atom is -0.381 e. The molecule has 0 heterocycles. The van der Waals surface area contributed by atoms with Crippen molar-refractivity contribution in [2.75, 3.05) is 5.32 Å². The topological polar surface area (TPSA) is 12.0 Å². The van der Waals surface area contributed by atoms with Crippen molar-refractivity contribution in [2.45, 2.75) is 6.54 Å². The number of benzene rings is 2. The molecule has 0 aliphatic heterocycles. The second kappa shape index (κ2) is 6.55. The van der Waals surface area contributed by atoms with Gasteiger partial charge in [-0.2, -0.15) is 0 Å². The summed E-state index contributed by atoms with van der Waals surface area (Å²) < 4.78 is 0.822. The fourth-order valence-electron chi connectivity index (χ4n) is 1.53. The zero-order chi connectivity index (χ0) is 14.0. The van der Waals surface area contributed by atoms with E-state index in [4.69, 9.17) is 46.4 Å². The fourth-order valence-corrected chi connectivity index (χ4v) is 2.71. The molecule has 0 fully saturated rings. The largest absolute Gasteiger partial charge is 0.381 e. The van der Waals surface area contributed by atoms with Crippen LogP contribution in [0.4, 0.5) is 5.69 Å². The number of nitrogens with one attached hydrogen (secondary N) is 1. The second-order valence-electron chi connectivity index (χ2n) is 3.80. The summed E-state index contributed by atoms with van der Waals surface area (Å²) in [5.74, 6) is 0. The number of anilines is 1. The Kier molecular flexibility index (Phi) is 5.27. The zero-order valence-corrected chi connectivity index (χ0v) is 14.1. The first-order valence-electron chi connectivity index (χ1n) is 5.30. The van der Waals surface area contributed by atoms with E-state index in [-0.39, 0.29) is 0 Å². The van der Waals surface area contributed by atoms with Crippen LogP contribution in [0.2, 0.25) is 20.1 Å². The van der Waals surface area contributed by atoms with Gasteiger partial charge in [0, 0.05) is 27.3 Å². The van der Waals surface area contributed by atoms with Gasteiger partial charge in [-0.15, -0.1) is 0 Å². The smallest absolute Gasteiger partial charge is 0.0657 e. The predicted octanol–water partition coefficient (Wildman–Crippen LogP) is 6.67. The van der Waals surface area contributed by atoms with Gasteiger partial charge in [0.2, 0.25) is 0 Å². The van der Waals surface area contributed by atoms with Gasteiger partial charge < -0.3 is 5.32 Å². The van der Waals surface area contributed by atoms with E-state index in [9.17, 15) is 0 Å². The maximum atomic E-state index is 6.13. The highest BCUT2D eigenvalue weighted by Gasteiger charge is 2.09. The quantitative estimate of drug-likeness (QED) is 0.568. The molecule has 0 aromatic heterocycles. The molecule has 2 aromatic rings. The van der Waals surface area contributed by atoms with E-state index >= 15 is 0 Å². The Balaban J connectivity index is 2.19. The molecular weight excluding hydrogens is 392 g/mol. The van der Waals surface area contributed by atoms with Gasteiger partial charge in [0.15, 0.2) is 0 Å². The molecule has 0 radical (unpaired) electrons. The third-order valence-corrected chi connectivity index (χ3v) is 4.94. The Morgan fingerprint density at radius 1 is 0.895 bits per heavy atom. The van der Waals surface area contributed by atoms with E-state index in [0.717, 1.165) is 15.7 Å². The summed E-state index contributed by atoms with van der Waals surface area (Å²) in [4.78, 5) is 0. The van der Waals surface area contributed by atoms with Crippen LogP contribution in [0.15, 0.2) is 34.8 Å². The first-order valence-corrected chi connectivity index (χ1v) is 7.61. The van der Waals surface area contributed by atoms with Gasteiger partial charge in [0.25, 0.3) is 0 Å². The highest BCUT2D eigenvalue weighted by atomic mass is 79.9. The summed E-state index contributed by atoms with van der Waals surface area (Å²) in [6, 6.07) is 8.96. The van der Waals surface area contributed by atoms with Crippen molar-refractivity contribution in [3.63, 3.8) is 0 Å². The zero-order valence-electron chi connectivity index (χ0n) is 9.48. The number of hydrogen-bond acceptors (Lipinski definition) is 1. The van der Waals surface area contributed by atoms with Crippen molar-refractivity contribution in [3.8, 4) is 0 Å². The minimum absolute atomic E-state index is 0.467. The first-order chi connectivity index (χ1) is 8.99. The Morgan fingerprint density at radius 2 is 1.53 bits per heavy atom. The molecule has 2 rings (SSSR count). The van der Waals surface area contributed by atoms with Gasteiger partial charge in [-0.25, -0.2) is 0 Å². The van der Waals surface area contributed by atoms with Gasteiger partial charge in [0.05, 0.1) is 15.1 Å². The lowest BCUT2D eigenvalue weighted by molar-refractivity contribution is 1.15. The van der Waals surface area contributed by atoms with E-state index in [1.54, 1.807) is 18.2 Å². The maximum absolute atomic E-state index is 6.13. The lowest BCUT2D eigenvalue weighted by Crippen LogP contribution is -2.01. The summed E-state index contributed by atoms with van der Waals surface area (Å²) in [5.41, 5.74) is 1.67. The summed E-state index contributed by atoms with van der Waals surface area (Å²) in [6.07, 6.45) is 0. The number of rotatable bonds is 3. The van der Waals surface area contributed by atoms with Crippen molar-refractivity contribution in [1.29, 1.82) is 0 Å². The monoisotopic (exact) mass is 397 g/mol. The number of hydrogen-bond donors (Lipinski definition) is 1. The Hall–Kier alpha value is -0.120. The standard InChI is InChI=1S/C13H8BrCl4N/c14-9-5-7(1-2-11(9)16)19-6-8-10(15)3-4-12(17)13(8)18/h1-5,19H,6H2. The Bertz CT molecular complexity index is 616. The first kappa shape index (κ1) is 15.3. The molecule has 0 amide bonds. The average Bonchev–Trinajstić information content (AvgIpc) is 2.38. The highest BCUT2D eigenvalue weighted by Crippen LogP contribution is 2.32. The van der Waals surface area contributed by atoms with Crippen molar-refractivity contribution >= 4 is 68.0 Å². The molecule has 100 valence electrons. The van der Waals surface area contributed by atoms with Gasteiger partial charge in [-0.1, -0.05) is 46.4 Å². The summed E-state index contributed by atoms with van der Waals surface area (Å²) in [5, 5.41) is 5.41. The van der Waals surface area contributed by atoms with Crippen LogP contribution < -0.4 is 5.32 Å². The van der Waals surface area contributed by atoms with Crippen LogP contribution in [0, 0.1) is 0 Å². The van der Waals surface area contributed by atoms with Crippen molar-refractivity contribution in [1.82, 2.24) is 0 Å². The van der Waals surface area contributed by atoms with Crippen LogP contribution in [0.3, 0.4) is 0 Å². The third kappa shape index (κ3) is 3.71. The lowest BCUT2D eigenvalue weighted by atomic mass is 10.2. The van der Waals surface area contributed by atoms with Gasteiger partial charge >= 0.3 is 0 Å². The second-order valence-corrected chi connectivity index (χ2v) is 6.26. The molecule has 19 heavy (non-hydrogen) atoms.